The van der Waals surface area contributed by atoms with Crippen LogP contribution in [0.25, 0.3) is 93.6 Å². The Morgan fingerprint density at radius 1 is 0.341 bits per heavy atom. The van der Waals surface area contributed by atoms with Crippen molar-refractivity contribution < 1.29 is 8.83 Å². The molecule has 0 spiro atoms. The Balaban J connectivity index is 1.00. The first kappa shape index (κ1) is 53.9. The largest absolute Gasteiger partial charge is 0.455 e. The molecule has 2 aliphatic heterocycles. The second-order valence-electron chi connectivity index (χ2n) is 28.4. The summed E-state index contributed by atoms with van der Waals surface area (Å²) in [5.74, 6) is 0. The van der Waals surface area contributed by atoms with Crippen molar-refractivity contribution >= 4 is 123 Å². The van der Waals surface area contributed by atoms with E-state index in [0.29, 0.717) is 0 Å². The fourth-order valence-electron chi connectivity index (χ4n) is 15.0. The van der Waals surface area contributed by atoms with Gasteiger partial charge in [-0.2, -0.15) is 0 Å². The highest BCUT2D eigenvalue weighted by molar-refractivity contribution is 7.00. The summed E-state index contributed by atoms with van der Waals surface area (Å²) >= 11 is 0. The van der Waals surface area contributed by atoms with Crippen molar-refractivity contribution in [2.45, 2.75) is 106 Å². The maximum atomic E-state index is 6.74. The van der Waals surface area contributed by atoms with Crippen molar-refractivity contribution in [2.24, 2.45) is 0 Å². The molecule has 5 heterocycles. The number of hydrogen-bond acceptors (Lipinski definition) is 4. The monoisotopic (exact) mass is 1140 g/mol. The van der Waals surface area contributed by atoms with E-state index < -0.39 is 0 Å². The van der Waals surface area contributed by atoms with Crippen molar-refractivity contribution in [1.82, 2.24) is 4.57 Å². The molecule has 3 aromatic heterocycles. The van der Waals surface area contributed by atoms with E-state index >= 15 is 0 Å². The zero-order valence-electron chi connectivity index (χ0n) is 52.8. The van der Waals surface area contributed by atoms with E-state index in [4.69, 9.17) is 8.83 Å². The van der Waals surface area contributed by atoms with Gasteiger partial charge in [-0.1, -0.05) is 196 Å². The van der Waals surface area contributed by atoms with Gasteiger partial charge in [0.1, 0.15) is 22.3 Å². The van der Waals surface area contributed by atoms with Gasteiger partial charge >= 0.3 is 0 Å². The fourth-order valence-corrected chi connectivity index (χ4v) is 15.0. The van der Waals surface area contributed by atoms with Crippen LogP contribution in [-0.4, -0.2) is 11.3 Å². The summed E-state index contributed by atoms with van der Waals surface area (Å²) in [6, 6.07) is 75.6. The van der Waals surface area contributed by atoms with Crippen LogP contribution < -0.4 is 26.2 Å². The van der Waals surface area contributed by atoms with Crippen LogP contribution in [0.1, 0.15) is 101 Å². The van der Waals surface area contributed by atoms with Gasteiger partial charge in [0.05, 0.1) is 22.4 Å². The SMILES string of the molecule is Cc1cc(-c2cccc3c2oc2ccccc23)cc(C)c1N1c2cc3c(cc2B2c4cc(C(C)(C)C)ccc4N(c4ccc(-c5cccc6c5oc5ccccc56)cc4)c4cc(C(C)(C)C)cc1c42)c1ccc(C(C)(C)C)cc1n3-c1c(C)cccc1C. The summed E-state index contributed by atoms with van der Waals surface area (Å²) in [5, 5.41) is 7.03. The predicted octanol–water partition coefficient (Wildman–Crippen LogP) is 21.1. The second kappa shape index (κ2) is 19.0. The minimum Gasteiger partial charge on any atom is -0.455 e. The maximum Gasteiger partial charge on any atom is 0.252 e. The molecular weight excluding hydrogens is 1070 g/mol. The number of furan rings is 2. The lowest BCUT2D eigenvalue weighted by Gasteiger charge is -2.46. The molecule has 0 bridgehead atoms. The quantitative estimate of drug-likeness (QED) is 0.161. The van der Waals surface area contributed by atoms with Crippen LogP contribution in [0.5, 0.6) is 0 Å². The predicted molar refractivity (Wildman–Crippen MR) is 375 cm³/mol. The summed E-state index contributed by atoms with van der Waals surface area (Å²) in [6.45, 7) is 30.2. The van der Waals surface area contributed by atoms with Gasteiger partial charge in [0.2, 0.25) is 0 Å². The van der Waals surface area contributed by atoms with Crippen molar-refractivity contribution in [3.63, 3.8) is 0 Å². The molecule has 0 N–H and O–H groups in total. The highest BCUT2D eigenvalue weighted by Crippen LogP contribution is 2.51. The summed E-state index contributed by atoms with van der Waals surface area (Å²) in [5.41, 5.74) is 31.1. The molecule has 0 saturated heterocycles. The molecular formula is C82H72BN3O2. The van der Waals surface area contributed by atoms with E-state index in [1.165, 1.54) is 111 Å². The van der Waals surface area contributed by atoms with Gasteiger partial charge in [-0.15, -0.1) is 0 Å². The first-order valence-electron chi connectivity index (χ1n) is 31.3. The number of aromatic nitrogens is 1. The van der Waals surface area contributed by atoms with E-state index in [2.05, 4.69) is 298 Å². The Kier molecular flexibility index (Phi) is 11.6. The zero-order chi connectivity index (χ0) is 60.6. The van der Waals surface area contributed by atoms with Crippen LogP contribution in [0, 0.1) is 27.7 Å². The van der Waals surface area contributed by atoms with Crippen LogP contribution >= 0.6 is 0 Å². The number of benzene rings is 11. The smallest absolute Gasteiger partial charge is 0.252 e. The summed E-state index contributed by atoms with van der Waals surface area (Å²) < 4.78 is 16.0. The summed E-state index contributed by atoms with van der Waals surface area (Å²) in [4.78, 5) is 5.26. The molecule has 2 aliphatic rings. The Labute approximate surface area is 516 Å². The lowest BCUT2D eigenvalue weighted by Crippen LogP contribution is -2.61. The van der Waals surface area contributed by atoms with E-state index in [-0.39, 0.29) is 23.0 Å². The van der Waals surface area contributed by atoms with Gasteiger partial charge < -0.3 is 23.2 Å². The number of fused-ring (bicyclic) bond motifs is 13. The van der Waals surface area contributed by atoms with Crippen LogP contribution in [-0.2, 0) is 16.2 Å². The standard InChI is InChI=1S/C82H72BN3O2/c1-47-21-18-22-48(2)76(47)85-68-42-54(81(8,9)10)33-37-59(68)64-45-66-70(46-69(64)85)86(77-49(3)39-52(40-50(77)4)58-26-20-28-63-61-24-15-17-30-74(61)88-79(58)63)72-44-55(82(11,12)13)43-71-75(72)83(66)65-41-53(80(5,6)7)34-38-67(65)84(71)56-35-31-51(32-36-56)57-25-19-27-62-60-23-14-16-29-73(60)87-78(57)62/h14-46H,1-13H3. The first-order valence-corrected chi connectivity index (χ1v) is 31.3. The van der Waals surface area contributed by atoms with Crippen LogP contribution in [0.2, 0.25) is 0 Å². The van der Waals surface area contributed by atoms with E-state index in [9.17, 15) is 0 Å². The molecule has 0 atom stereocenters. The summed E-state index contributed by atoms with van der Waals surface area (Å²) in [7, 11) is 0. The third-order valence-electron chi connectivity index (χ3n) is 19.5. The minimum absolute atomic E-state index is 0.0579. The molecule has 0 fully saturated rings. The fraction of sp³-hybridized carbons (Fsp3) is 0.195. The van der Waals surface area contributed by atoms with Crippen molar-refractivity contribution in [2.75, 3.05) is 9.80 Å². The zero-order valence-corrected chi connectivity index (χ0v) is 52.8. The third-order valence-corrected chi connectivity index (χ3v) is 19.5. The van der Waals surface area contributed by atoms with Crippen LogP contribution in [0.4, 0.5) is 34.1 Å². The molecule has 16 rings (SSSR count). The van der Waals surface area contributed by atoms with Gasteiger partial charge in [0.15, 0.2) is 0 Å². The van der Waals surface area contributed by atoms with Crippen LogP contribution in [0.3, 0.4) is 0 Å². The molecule has 11 aromatic carbocycles. The third kappa shape index (κ3) is 8.06. The number of anilines is 6. The van der Waals surface area contributed by atoms with Crippen molar-refractivity contribution in [3.05, 3.63) is 239 Å². The molecule has 5 nitrogen and oxygen atoms in total. The normalized spacial score (nSPS) is 13.4. The maximum absolute atomic E-state index is 6.74. The first-order chi connectivity index (χ1) is 42.2. The molecule has 0 radical (unpaired) electrons. The molecule has 6 heteroatoms. The Morgan fingerprint density at radius 3 is 1.45 bits per heavy atom. The van der Waals surface area contributed by atoms with Gasteiger partial charge in [0.25, 0.3) is 6.71 Å². The van der Waals surface area contributed by atoms with Gasteiger partial charge in [-0.05, 0) is 177 Å². The average Bonchev–Trinajstić information content (AvgIpc) is 0.854. The van der Waals surface area contributed by atoms with Gasteiger partial charge in [0, 0.05) is 71.9 Å². The topological polar surface area (TPSA) is 37.7 Å². The number of aryl methyl sites for hydroxylation is 4. The van der Waals surface area contributed by atoms with Gasteiger partial charge in [-0.25, -0.2) is 0 Å². The van der Waals surface area contributed by atoms with Crippen LogP contribution in [0.15, 0.2) is 209 Å². The molecule has 0 saturated carbocycles. The summed E-state index contributed by atoms with van der Waals surface area (Å²) in [6.07, 6.45) is 0. The highest BCUT2D eigenvalue weighted by Gasteiger charge is 2.46. The van der Waals surface area contributed by atoms with E-state index in [0.717, 1.165) is 71.8 Å². The number of nitrogens with zero attached hydrogens (tertiary/aromatic N) is 3. The molecule has 88 heavy (non-hydrogen) atoms. The number of rotatable bonds is 5. The Morgan fingerprint density at radius 2 is 0.852 bits per heavy atom. The Hall–Kier alpha value is -9.52. The molecule has 430 valence electrons. The lowest BCUT2D eigenvalue weighted by atomic mass is 9.33. The Bertz CT molecular complexity index is 5240. The second-order valence-corrected chi connectivity index (χ2v) is 28.4. The molecule has 0 unspecified atom stereocenters. The van der Waals surface area contributed by atoms with Crippen molar-refractivity contribution in [1.29, 1.82) is 0 Å². The molecule has 0 aliphatic carbocycles. The molecule has 0 amide bonds. The van der Waals surface area contributed by atoms with Gasteiger partial charge in [-0.3, -0.25) is 0 Å². The molecule has 14 aromatic rings. The lowest BCUT2D eigenvalue weighted by molar-refractivity contribution is 0.590. The number of hydrogen-bond donors (Lipinski definition) is 0. The minimum atomic E-state index is -0.215. The van der Waals surface area contributed by atoms with Crippen molar-refractivity contribution in [3.8, 4) is 27.9 Å². The highest BCUT2D eigenvalue weighted by atomic mass is 16.3. The number of para-hydroxylation sites is 5. The van der Waals surface area contributed by atoms with E-state index in [1.807, 2.05) is 6.07 Å². The average molecular weight is 1140 g/mol. The van der Waals surface area contributed by atoms with E-state index in [1.54, 1.807) is 0 Å².